The largest absolute Gasteiger partial charge is 0.444 e. The average molecular weight is 477 g/mol. The summed E-state index contributed by atoms with van der Waals surface area (Å²) in [5, 5.41) is 17.0. The average Bonchev–Trinajstić information content (AvgIpc) is 3.10. The Hall–Kier alpha value is -0.810. The molecule has 4 rings (SSSR count). The number of rotatable bonds is 6. The van der Waals surface area contributed by atoms with Crippen molar-refractivity contribution in [3.05, 3.63) is 0 Å². The summed E-state index contributed by atoms with van der Waals surface area (Å²) in [5.74, 6) is 4.13. The van der Waals surface area contributed by atoms with Gasteiger partial charge in [-0.2, -0.15) is 0 Å². The highest BCUT2D eigenvalue weighted by Crippen LogP contribution is 2.67. The van der Waals surface area contributed by atoms with E-state index in [9.17, 15) is 9.90 Å². The molecule has 1 amide bonds. The molecule has 0 heterocycles. The van der Waals surface area contributed by atoms with E-state index in [4.69, 9.17) is 4.74 Å². The number of alkyl carbamates (subject to hydrolysis) is 1. The molecule has 4 aliphatic rings. The Labute approximate surface area is 208 Å². The van der Waals surface area contributed by atoms with E-state index < -0.39 is 5.60 Å². The summed E-state index contributed by atoms with van der Waals surface area (Å²) in [7, 11) is 0. The third-order valence-electron chi connectivity index (χ3n) is 10.8. The zero-order valence-corrected chi connectivity index (χ0v) is 22.8. The Balaban J connectivity index is 1.28. The molecule has 34 heavy (non-hydrogen) atoms. The first-order valence-electron chi connectivity index (χ1n) is 14.3. The van der Waals surface area contributed by atoms with E-state index in [-0.39, 0.29) is 12.2 Å². The van der Waals surface area contributed by atoms with Crippen molar-refractivity contribution >= 4 is 6.09 Å². The van der Waals surface area contributed by atoms with Crippen molar-refractivity contribution in [3.8, 4) is 0 Å². The van der Waals surface area contributed by atoms with Gasteiger partial charge in [0, 0.05) is 12.6 Å². The van der Waals surface area contributed by atoms with Crippen molar-refractivity contribution < 1.29 is 14.6 Å². The number of hydrogen-bond donors (Lipinski definition) is 3. The van der Waals surface area contributed by atoms with Crippen molar-refractivity contribution in [1.82, 2.24) is 10.6 Å². The molecular formula is C29H52N2O3. The number of ether oxygens (including phenoxy) is 1. The first kappa shape index (κ1) is 26.3. The van der Waals surface area contributed by atoms with Gasteiger partial charge in [0.25, 0.3) is 0 Å². The van der Waals surface area contributed by atoms with Crippen LogP contribution in [-0.2, 0) is 4.74 Å². The van der Waals surface area contributed by atoms with Crippen LogP contribution in [0.5, 0.6) is 0 Å². The molecule has 0 aliphatic heterocycles. The Morgan fingerprint density at radius 2 is 1.71 bits per heavy atom. The molecule has 196 valence electrons. The summed E-state index contributed by atoms with van der Waals surface area (Å²) in [5.41, 5.74) is 0.478. The minimum absolute atomic E-state index is 0.0504. The summed E-state index contributed by atoms with van der Waals surface area (Å²) in [6.45, 7) is 14.9. The normalized spacial score (nSPS) is 42.8. The smallest absolute Gasteiger partial charge is 0.407 e. The van der Waals surface area contributed by atoms with Gasteiger partial charge in [0.05, 0.1) is 6.10 Å². The highest BCUT2D eigenvalue weighted by atomic mass is 16.6. The topological polar surface area (TPSA) is 70.6 Å². The third kappa shape index (κ3) is 5.16. The van der Waals surface area contributed by atoms with E-state index in [0.717, 1.165) is 55.4 Å². The Kier molecular flexibility index (Phi) is 7.66. The van der Waals surface area contributed by atoms with E-state index in [2.05, 4.69) is 31.4 Å². The first-order chi connectivity index (χ1) is 15.9. The first-order valence-corrected chi connectivity index (χ1v) is 14.3. The van der Waals surface area contributed by atoms with Crippen LogP contribution < -0.4 is 10.6 Å². The van der Waals surface area contributed by atoms with Crippen molar-refractivity contribution in [1.29, 1.82) is 0 Å². The van der Waals surface area contributed by atoms with E-state index in [0.29, 0.717) is 23.4 Å². The lowest BCUT2D eigenvalue weighted by Gasteiger charge is -2.61. The molecule has 5 unspecified atom stereocenters. The van der Waals surface area contributed by atoms with Gasteiger partial charge in [-0.1, -0.05) is 13.8 Å². The van der Waals surface area contributed by atoms with Gasteiger partial charge in [0.15, 0.2) is 0 Å². The standard InChI is InChI=1S/C29H52N2O3/c1-19(30-16-7-17-31-26(33)34-27(2,3)4)23-10-11-24-22-9-8-20-18-21(32)12-14-28(20,5)25(22)13-15-29(23,24)6/h19-25,30,32H,7-18H2,1-6H3,(H,31,33)/t19?,20?,21-,22?,23+,24?,25?,28-,29+/m0/s1. The monoisotopic (exact) mass is 476 g/mol. The molecule has 0 aromatic rings. The zero-order valence-electron chi connectivity index (χ0n) is 22.8. The van der Waals surface area contributed by atoms with Gasteiger partial charge in [-0.05, 0) is 139 Å². The van der Waals surface area contributed by atoms with Gasteiger partial charge in [0.1, 0.15) is 5.60 Å². The molecule has 0 bridgehead atoms. The van der Waals surface area contributed by atoms with Gasteiger partial charge in [0.2, 0.25) is 0 Å². The SMILES string of the molecule is CC(NCCCNC(=O)OC(C)(C)C)[C@H]1CCC2C3CCC4C[C@@H](O)CC[C@]4(C)C3CC[C@@]21C. The summed E-state index contributed by atoms with van der Waals surface area (Å²) in [6, 6.07) is 0.518. The lowest BCUT2D eigenvalue weighted by molar-refractivity contribution is -0.127. The lowest BCUT2D eigenvalue weighted by Crippen LogP contribution is -2.55. The number of aliphatic hydroxyl groups excluding tert-OH is 1. The molecule has 9 atom stereocenters. The van der Waals surface area contributed by atoms with Crippen LogP contribution in [0, 0.1) is 40.4 Å². The van der Waals surface area contributed by atoms with E-state index in [1.165, 1.54) is 44.9 Å². The fourth-order valence-electron chi connectivity index (χ4n) is 9.16. The lowest BCUT2D eigenvalue weighted by atomic mass is 9.44. The Morgan fingerprint density at radius 1 is 1.00 bits per heavy atom. The fourth-order valence-corrected chi connectivity index (χ4v) is 9.16. The predicted molar refractivity (Wildman–Crippen MR) is 138 cm³/mol. The Morgan fingerprint density at radius 3 is 2.44 bits per heavy atom. The quantitative estimate of drug-likeness (QED) is 0.418. The van der Waals surface area contributed by atoms with Gasteiger partial charge >= 0.3 is 6.09 Å². The molecule has 0 radical (unpaired) electrons. The van der Waals surface area contributed by atoms with Gasteiger partial charge in [-0.15, -0.1) is 0 Å². The van der Waals surface area contributed by atoms with Crippen LogP contribution >= 0.6 is 0 Å². The number of aliphatic hydroxyl groups is 1. The van der Waals surface area contributed by atoms with Crippen LogP contribution in [0.3, 0.4) is 0 Å². The highest BCUT2D eigenvalue weighted by molar-refractivity contribution is 5.67. The summed E-state index contributed by atoms with van der Waals surface area (Å²) in [6.07, 6.45) is 12.1. The van der Waals surface area contributed by atoms with Crippen LogP contribution in [0.15, 0.2) is 0 Å². The molecule has 5 nitrogen and oxygen atoms in total. The predicted octanol–water partition coefficient (Wildman–Crippen LogP) is 5.90. The molecule has 0 aromatic carbocycles. The molecule has 0 spiro atoms. The highest BCUT2D eigenvalue weighted by Gasteiger charge is 2.60. The minimum atomic E-state index is -0.445. The van der Waals surface area contributed by atoms with Gasteiger partial charge in [-0.3, -0.25) is 0 Å². The molecule has 4 aliphatic carbocycles. The van der Waals surface area contributed by atoms with Gasteiger partial charge in [-0.25, -0.2) is 4.79 Å². The number of fused-ring (bicyclic) bond motifs is 5. The maximum absolute atomic E-state index is 11.8. The number of nitrogens with one attached hydrogen (secondary N) is 2. The number of carbonyl (C=O) groups is 1. The number of carbonyl (C=O) groups excluding carboxylic acids is 1. The second kappa shape index (κ2) is 9.92. The van der Waals surface area contributed by atoms with Crippen molar-refractivity contribution in [2.75, 3.05) is 13.1 Å². The summed E-state index contributed by atoms with van der Waals surface area (Å²) >= 11 is 0. The zero-order chi connectivity index (χ0) is 24.7. The van der Waals surface area contributed by atoms with Crippen LogP contribution in [0.25, 0.3) is 0 Å². The number of hydrogen-bond acceptors (Lipinski definition) is 4. The summed E-state index contributed by atoms with van der Waals surface area (Å²) in [4.78, 5) is 11.8. The minimum Gasteiger partial charge on any atom is -0.444 e. The van der Waals surface area contributed by atoms with E-state index in [1.807, 2.05) is 20.8 Å². The second-order valence-corrected chi connectivity index (χ2v) is 13.8. The van der Waals surface area contributed by atoms with Crippen LogP contribution in [0.1, 0.15) is 106 Å². The molecule has 5 heteroatoms. The second-order valence-electron chi connectivity index (χ2n) is 13.8. The van der Waals surface area contributed by atoms with Crippen LogP contribution in [-0.4, -0.2) is 42.0 Å². The summed E-state index contributed by atoms with van der Waals surface area (Å²) < 4.78 is 5.32. The maximum atomic E-state index is 11.8. The van der Waals surface area contributed by atoms with E-state index >= 15 is 0 Å². The molecule has 0 aromatic heterocycles. The third-order valence-corrected chi connectivity index (χ3v) is 10.8. The van der Waals surface area contributed by atoms with E-state index in [1.54, 1.807) is 0 Å². The Bertz CT molecular complexity index is 721. The van der Waals surface area contributed by atoms with Crippen LogP contribution in [0.4, 0.5) is 4.79 Å². The molecule has 4 fully saturated rings. The van der Waals surface area contributed by atoms with Crippen LogP contribution in [0.2, 0.25) is 0 Å². The fraction of sp³-hybridized carbons (Fsp3) is 0.966. The maximum Gasteiger partial charge on any atom is 0.407 e. The van der Waals surface area contributed by atoms with Crippen molar-refractivity contribution in [2.45, 2.75) is 123 Å². The van der Waals surface area contributed by atoms with Crippen molar-refractivity contribution in [3.63, 3.8) is 0 Å². The molecule has 4 saturated carbocycles. The molecule has 0 saturated heterocycles. The number of amides is 1. The van der Waals surface area contributed by atoms with Crippen molar-refractivity contribution in [2.24, 2.45) is 40.4 Å². The molecule has 3 N–H and O–H groups in total. The molecular weight excluding hydrogens is 424 g/mol. The van der Waals surface area contributed by atoms with Gasteiger partial charge < -0.3 is 20.5 Å².